The number of hydrogen-bond donors (Lipinski definition) is 3. The van der Waals surface area contributed by atoms with Gasteiger partial charge in [0.15, 0.2) is 0 Å². The Morgan fingerprint density at radius 3 is 2.45 bits per heavy atom. The zero-order valence-electron chi connectivity index (χ0n) is 16.9. The molecule has 0 fully saturated rings. The average Bonchev–Trinajstić information content (AvgIpc) is 2.78. The quantitative estimate of drug-likeness (QED) is 0.350. The third-order valence-electron chi connectivity index (χ3n) is 4.51. The third kappa shape index (κ3) is 5.96. The molecule has 0 aromatic heterocycles. The molecule has 6 nitrogen and oxygen atoms in total. The summed E-state index contributed by atoms with van der Waals surface area (Å²) in [7, 11) is 1.54. The second-order valence-electron chi connectivity index (χ2n) is 6.65. The third-order valence-corrected chi connectivity index (χ3v) is 5.01. The van der Waals surface area contributed by atoms with Crippen LogP contribution in [0.5, 0.6) is 5.75 Å². The molecule has 31 heavy (non-hydrogen) atoms. The summed E-state index contributed by atoms with van der Waals surface area (Å²) in [6, 6.07) is 21.4. The first-order valence-electron chi connectivity index (χ1n) is 9.51. The number of hydrogen-bond acceptors (Lipinski definition) is 4. The van der Waals surface area contributed by atoms with Gasteiger partial charge in [0.05, 0.1) is 7.11 Å². The Bertz CT molecular complexity index is 1110. The maximum absolute atomic E-state index is 13.0. The number of carbonyl (C=O) groups excluding carboxylic acids is 2. The van der Waals surface area contributed by atoms with E-state index >= 15 is 0 Å². The van der Waals surface area contributed by atoms with E-state index in [1.54, 1.807) is 55.7 Å². The Balaban J connectivity index is 1.90. The summed E-state index contributed by atoms with van der Waals surface area (Å²) in [4.78, 5) is 25.7. The van der Waals surface area contributed by atoms with Crippen LogP contribution in [0, 0.1) is 0 Å². The highest BCUT2D eigenvalue weighted by Gasteiger charge is 2.16. The first-order valence-corrected chi connectivity index (χ1v) is 10.3. The van der Waals surface area contributed by atoms with Crippen LogP contribution in [0.2, 0.25) is 0 Å². The van der Waals surface area contributed by atoms with Crippen LogP contribution < -0.4 is 21.1 Å². The van der Waals surface area contributed by atoms with Crippen molar-refractivity contribution in [2.24, 2.45) is 0 Å². The summed E-state index contributed by atoms with van der Waals surface area (Å²) in [6.07, 6.45) is 1.58. The second-order valence-corrected chi connectivity index (χ2v) is 7.56. The normalized spacial score (nSPS) is 11.0. The number of nitrogens with one attached hydrogen (secondary N) is 2. The highest BCUT2D eigenvalue weighted by molar-refractivity contribution is 9.10. The van der Waals surface area contributed by atoms with E-state index in [0.717, 1.165) is 10.0 Å². The molecule has 0 unspecified atom stereocenters. The first-order chi connectivity index (χ1) is 15.0. The Labute approximate surface area is 189 Å². The van der Waals surface area contributed by atoms with Crippen LogP contribution >= 0.6 is 15.9 Å². The van der Waals surface area contributed by atoms with Gasteiger partial charge in [0, 0.05) is 27.8 Å². The molecule has 3 rings (SSSR count). The van der Waals surface area contributed by atoms with E-state index in [9.17, 15) is 9.59 Å². The van der Waals surface area contributed by atoms with Gasteiger partial charge in [-0.3, -0.25) is 9.59 Å². The van der Waals surface area contributed by atoms with Crippen LogP contribution in [0.1, 0.15) is 21.5 Å². The zero-order chi connectivity index (χ0) is 22.2. The van der Waals surface area contributed by atoms with Crippen LogP contribution in [-0.4, -0.2) is 18.9 Å². The lowest BCUT2D eigenvalue weighted by Crippen LogP contribution is -2.34. The Morgan fingerprint density at radius 1 is 1.03 bits per heavy atom. The van der Waals surface area contributed by atoms with Crippen LogP contribution in [0.3, 0.4) is 0 Å². The molecule has 0 radical (unpaired) electrons. The molecule has 7 heteroatoms. The highest BCUT2D eigenvalue weighted by atomic mass is 79.9. The molecular formula is C24H22BrN3O3. The fourth-order valence-corrected chi connectivity index (χ4v) is 3.26. The standard InChI is InChI=1S/C24H22BrN3O3/c1-31-22-12-11-19(25)13-18(22)14-21(28-23(29)16-7-3-2-4-8-16)24(30)27-15-17-9-5-6-10-20(17)26/h2-14H,15,26H2,1H3,(H,27,30)(H,28,29)/b21-14-. The van der Waals surface area contributed by atoms with Crippen molar-refractivity contribution in [1.82, 2.24) is 10.6 Å². The van der Waals surface area contributed by atoms with Crippen molar-refractivity contribution in [2.45, 2.75) is 6.54 Å². The topological polar surface area (TPSA) is 93.4 Å². The second kappa shape index (κ2) is 10.4. The molecule has 0 aliphatic rings. The molecule has 0 bridgehead atoms. The lowest BCUT2D eigenvalue weighted by atomic mass is 10.1. The molecule has 0 aliphatic carbocycles. The number of anilines is 1. The number of rotatable bonds is 7. The van der Waals surface area contributed by atoms with Crippen molar-refractivity contribution in [3.05, 3.63) is 99.7 Å². The molecule has 0 saturated heterocycles. The van der Waals surface area contributed by atoms with Crippen molar-refractivity contribution in [2.75, 3.05) is 12.8 Å². The van der Waals surface area contributed by atoms with Crippen molar-refractivity contribution in [3.8, 4) is 5.75 Å². The van der Waals surface area contributed by atoms with E-state index in [0.29, 0.717) is 22.6 Å². The van der Waals surface area contributed by atoms with E-state index in [-0.39, 0.29) is 12.2 Å². The number of benzene rings is 3. The summed E-state index contributed by atoms with van der Waals surface area (Å²) < 4.78 is 6.20. The van der Waals surface area contributed by atoms with Gasteiger partial charge in [0.2, 0.25) is 0 Å². The SMILES string of the molecule is COc1ccc(Br)cc1/C=C(\NC(=O)c1ccccc1)C(=O)NCc1ccccc1N. The van der Waals surface area contributed by atoms with Crippen molar-refractivity contribution in [1.29, 1.82) is 0 Å². The van der Waals surface area contributed by atoms with Crippen molar-refractivity contribution >= 4 is 39.5 Å². The summed E-state index contributed by atoms with van der Waals surface area (Å²) in [5.41, 5.74) is 8.48. The predicted octanol–water partition coefficient (Wildman–Crippen LogP) is 4.13. The summed E-state index contributed by atoms with van der Waals surface area (Å²) in [5, 5.41) is 5.53. The van der Waals surface area contributed by atoms with Crippen LogP contribution in [-0.2, 0) is 11.3 Å². The van der Waals surface area contributed by atoms with Crippen molar-refractivity contribution in [3.63, 3.8) is 0 Å². The van der Waals surface area contributed by atoms with Crippen LogP contribution in [0.25, 0.3) is 6.08 Å². The van der Waals surface area contributed by atoms with E-state index in [1.807, 2.05) is 30.3 Å². The Morgan fingerprint density at radius 2 is 1.74 bits per heavy atom. The Kier molecular flexibility index (Phi) is 7.45. The van der Waals surface area contributed by atoms with Gasteiger partial charge < -0.3 is 21.1 Å². The van der Waals surface area contributed by atoms with Crippen LogP contribution in [0.15, 0.2) is 83.0 Å². The fraction of sp³-hybridized carbons (Fsp3) is 0.0833. The van der Waals surface area contributed by atoms with Gasteiger partial charge in [-0.25, -0.2) is 0 Å². The largest absolute Gasteiger partial charge is 0.496 e. The van der Waals surface area contributed by atoms with Crippen molar-refractivity contribution < 1.29 is 14.3 Å². The van der Waals surface area contributed by atoms with Gasteiger partial charge >= 0.3 is 0 Å². The van der Waals surface area contributed by atoms with Gasteiger partial charge in [-0.1, -0.05) is 52.3 Å². The monoisotopic (exact) mass is 479 g/mol. The Hall–Kier alpha value is -3.58. The van der Waals surface area contributed by atoms with Gasteiger partial charge in [-0.05, 0) is 48.0 Å². The number of nitrogen functional groups attached to an aromatic ring is 1. The van der Waals surface area contributed by atoms with Gasteiger partial charge in [0.1, 0.15) is 11.4 Å². The summed E-state index contributed by atoms with van der Waals surface area (Å²) >= 11 is 3.42. The number of amides is 2. The minimum Gasteiger partial charge on any atom is -0.496 e. The lowest BCUT2D eigenvalue weighted by Gasteiger charge is -2.13. The maximum Gasteiger partial charge on any atom is 0.268 e. The fourth-order valence-electron chi connectivity index (χ4n) is 2.88. The highest BCUT2D eigenvalue weighted by Crippen LogP contribution is 2.25. The number of ether oxygens (including phenoxy) is 1. The molecule has 0 heterocycles. The van der Waals surface area contributed by atoms with E-state index in [1.165, 1.54) is 0 Å². The molecule has 0 atom stereocenters. The van der Waals surface area contributed by atoms with Gasteiger partial charge in [-0.15, -0.1) is 0 Å². The predicted molar refractivity (Wildman–Crippen MR) is 125 cm³/mol. The summed E-state index contributed by atoms with van der Waals surface area (Å²) in [5.74, 6) is -0.278. The van der Waals surface area contributed by atoms with Gasteiger partial charge in [-0.2, -0.15) is 0 Å². The zero-order valence-corrected chi connectivity index (χ0v) is 18.5. The smallest absolute Gasteiger partial charge is 0.268 e. The number of halogens is 1. The minimum absolute atomic E-state index is 0.0831. The van der Waals surface area contributed by atoms with Gasteiger partial charge in [0.25, 0.3) is 11.8 Å². The molecule has 0 saturated carbocycles. The number of para-hydroxylation sites is 1. The molecule has 0 aliphatic heterocycles. The molecule has 3 aromatic rings. The molecule has 2 amide bonds. The lowest BCUT2D eigenvalue weighted by molar-refractivity contribution is -0.117. The number of methoxy groups -OCH3 is 1. The minimum atomic E-state index is -0.449. The molecule has 4 N–H and O–H groups in total. The molecule has 3 aromatic carbocycles. The molecule has 158 valence electrons. The van der Waals surface area contributed by atoms with E-state index in [4.69, 9.17) is 10.5 Å². The number of nitrogens with two attached hydrogens (primary N) is 1. The molecular weight excluding hydrogens is 458 g/mol. The van der Waals surface area contributed by atoms with E-state index < -0.39 is 11.8 Å². The van der Waals surface area contributed by atoms with Crippen LogP contribution in [0.4, 0.5) is 5.69 Å². The maximum atomic E-state index is 13.0. The number of carbonyl (C=O) groups is 2. The molecule has 0 spiro atoms. The van der Waals surface area contributed by atoms with E-state index in [2.05, 4.69) is 26.6 Å². The first kappa shape index (κ1) is 22.1. The average molecular weight is 480 g/mol. The summed E-state index contributed by atoms with van der Waals surface area (Å²) in [6.45, 7) is 0.222.